The second kappa shape index (κ2) is 7.20. The Morgan fingerprint density at radius 3 is 1.82 bits per heavy atom. The van der Waals surface area contributed by atoms with Crippen LogP contribution in [0.15, 0.2) is 0 Å². The Kier molecular flexibility index (Phi) is 6.94. The molecule has 0 heterocycles. The number of carbonyl (C=O) groups excluding carboxylic acids is 2. The van der Waals surface area contributed by atoms with Crippen molar-refractivity contribution >= 4 is 11.6 Å². The molecular weight excluding hydrogens is 284 g/mol. The number of hydrogen-bond acceptors (Lipinski definition) is 5. The van der Waals surface area contributed by atoms with Gasteiger partial charge in [-0.15, -0.1) is 0 Å². The summed E-state index contributed by atoms with van der Waals surface area (Å²) >= 11 is 0. The molecule has 5 heteroatoms. The number of ketones is 2. The zero-order valence-electron chi connectivity index (χ0n) is 15.4. The van der Waals surface area contributed by atoms with Gasteiger partial charge in [-0.05, 0) is 48.5 Å². The molecule has 0 spiro atoms. The first-order valence-electron chi connectivity index (χ1n) is 7.72. The third kappa shape index (κ3) is 5.45. The van der Waals surface area contributed by atoms with Crippen molar-refractivity contribution in [3.63, 3.8) is 0 Å². The van der Waals surface area contributed by atoms with E-state index in [9.17, 15) is 14.7 Å². The summed E-state index contributed by atoms with van der Waals surface area (Å²) < 4.78 is 11.2. The van der Waals surface area contributed by atoms with Gasteiger partial charge in [0.15, 0.2) is 11.6 Å². The highest BCUT2D eigenvalue weighted by Gasteiger charge is 2.46. The molecule has 0 aromatic heterocycles. The topological polar surface area (TPSA) is 72.8 Å². The molecule has 5 nitrogen and oxygen atoms in total. The maximum absolute atomic E-state index is 12.6. The van der Waals surface area contributed by atoms with Crippen LogP contribution >= 0.6 is 0 Å². The number of hydrogen-bond donors (Lipinski definition) is 1. The van der Waals surface area contributed by atoms with E-state index in [4.69, 9.17) is 9.47 Å². The van der Waals surface area contributed by atoms with E-state index < -0.39 is 28.5 Å². The lowest BCUT2D eigenvalue weighted by Crippen LogP contribution is -2.52. The third-order valence-electron chi connectivity index (χ3n) is 4.21. The molecule has 0 saturated carbocycles. The van der Waals surface area contributed by atoms with Crippen molar-refractivity contribution in [1.29, 1.82) is 0 Å². The van der Waals surface area contributed by atoms with E-state index in [2.05, 4.69) is 0 Å². The van der Waals surface area contributed by atoms with E-state index in [0.717, 1.165) is 0 Å². The van der Waals surface area contributed by atoms with Crippen molar-refractivity contribution < 1.29 is 24.2 Å². The van der Waals surface area contributed by atoms with E-state index in [1.165, 1.54) is 13.8 Å². The Morgan fingerprint density at radius 2 is 1.45 bits per heavy atom. The fourth-order valence-corrected chi connectivity index (χ4v) is 1.88. The Hall–Kier alpha value is -0.780. The fourth-order valence-electron chi connectivity index (χ4n) is 1.88. The van der Waals surface area contributed by atoms with Crippen LogP contribution in [0.3, 0.4) is 0 Å². The van der Waals surface area contributed by atoms with Crippen molar-refractivity contribution in [2.24, 2.45) is 5.41 Å². The summed E-state index contributed by atoms with van der Waals surface area (Å²) in [4.78, 5) is 24.5. The number of rotatable bonds is 9. The van der Waals surface area contributed by atoms with Gasteiger partial charge in [0.1, 0.15) is 18.3 Å². The minimum atomic E-state index is -1.45. The number of carbonyl (C=O) groups is 2. The SMILES string of the molecule is CC(C)OC(C)C(=O)C(C)(C)C(C)(C)OCC(=O)C(C)(C)O. The molecule has 0 bridgehead atoms. The third-order valence-corrected chi connectivity index (χ3v) is 4.21. The van der Waals surface area contributed by atoms with Crippen LogP contribution in [0.1, 0.15) is 62.3 Å². The highest BCUT2D eigenvalue weighted by atomic mass is 16.5. The Labute approximate surface area is 134 Å². The minimum Gasteiger partial charge on any atom is -0.383 e. The van der Waals surface area contributed by atoms with Crippen LogP contribution in [0.5, 0.6) is 0 Å². The molecule has 0 aliphatic heterocycles. The molecule has 0 aliphatic rings. The van der Waals surface area contributed by atoms with Gasteiger partial charge in [-0.1, -0.05) is 13.8 Å². The molecule has 0 aromatic carbocycles. The molecule has 22 heavy (non-hydrogen) atoms. The zero-order chi connectivity index (χ0) is 17.9. The van der Waals surface area contributed by atoms with Gasteiger partial charge in [0.2, 0.25) is 0 Å². The van der Waals surface area contributed by atoms with Crippen LogP contribution in [-0.4, -0.2) is 46.7 Å². The lowest BCUT2D eigenvalue weighted by molar-refractivity contribution is -0.167. The van der Waals surface area contributed by atoms with Gasteiger partial charge in [-0.3, -0.25) is 9.59 Å². The molecule has 0 saturated heterocycles. The predicted molar refractivity (Wildman–Crippen MR) is 85.8 cm³/mol. The molecule has 0 aliphatic carbocycles. The van der Waals surface area contributed by atoms with E-state index in [1.54, 1.807) is 34.6 Å². The second-order valence-corrected chi connectivity index (χ2v) is 7.60. The van der Waals surface area contributed by atoms with Crippen molar-refractivity contribution in [3.8, 4) is 0 Å². The molecular formula is C17H32O5. The van der Waals surface area contributed by atoms with E-state index in [0.29, 0.717) is 0 Å². The molecule has 0 amide bonds. The Balaban J connectivity index is 5.00. The standard InChI is InChI=1S/C17H32O5/c1-11(2)22-12(3)14(19)15(4,5)17(8,9)21-10-13(18)16(6,7)20/h11-12,20H,10H2,1-9H3. The average molecular weight is 316 g/mol. The van der Waals surface area contributed by atoms with Crippen molar-refractivity contribution in [2.45, 2.75) is 85.7 Å². The highest BCUT2D eigenvalue weighted by molar-refractivity contribution is 5.89. The van der Waals surface area contributed by atoms with Crippen molar-refractivity contribution in [3.05, 3.63) is 0 Å². The lowest BCUT2D eigenvalue weighted by atomic mass is 9.72. The summed E-state index contributed by atoms with van der Waals surface area (Å²) in [5.74, 6) is -0.503. The minimum absolute atomic E-state index is 0.0458. The molecule has 1 N–H and O–H groups in total. The predicted octanol–water partition coefficient (Wildman–Crippen LogP) is 2.53. The second-order valence-electron chi connectivity index (χ2n) is 7.60. The van der Waals surface area contributed by atoms with E-state index in [1.807, 2.05) is 13.8 Å². The monoisotopic (exact) mass is 316 g/mol. The summed E-state index contributed by atoms with van der Waals surface area (Å²) in [6.07, 6.45) is -0.599. The quantitative estimate of drug-likeness (QED) is 0.707. The summed E-state index contributed by atoms with van der Waals surface area (Å²) in [6, 6.07) is 0. The summed E-state index contributed by atoms with van der Waals surface area (Å²) in [5, 5.41) is 9.67. The molecule has 0 rings (SSSR count). The first kappa shape index (κ1) is 21.2. The molecule has 1 atom stereocenters. The maximum atomic E-state index is 12.6. The zero-order valence-corrected chi connectivity index (χ0v) is 15.4. The summed E-state index contributed by atoms with van der Waals surface area (Å²) in [6.45, 7) is 15.2. The average Bonchev–Trinajstić information content (AvgIpc) is 2.32. The first-order valence-corrected chi connectivity index (χ1v) is 7.72. The van der Waals surface area contributed by atoms with Gasteiger partial charge in [0, 0.05) is 0 Å². The van der Waals surface area contributed by atoms with E-state index >= 15 is 0 Å². The summed E-state index contributed by atoms with van der Waals surface area (Å²) in [7, 11) is 0. The number of ether oxygens (including phenoxy) is 2. The van der Waals surface area contributed by atoms with Gasteiger partial charge < -0.3 is 14.6 Å². The van der Waals surface area contributed by atoms with Gasteiger partial charge in [0.05, 0.1) is 17.1 Å². The molecule has 0 radical (unpaired) electrons. The van der Waals surface area contributed by atoms with Gasteiger partial charge in [-0.25, -0.2) is 0 Å². The molecule has 1 unspecified atom stereocenters. The number of Topliss-reactive ketones (excluding diaryl/α,β-unsaturated/α-hetero) is 2. The normalized spacial score (nSPS) is 15.0. The highest BCUT2D eigenvalue weighted by Crippen LogP contribution is 2.36. The van der Waals surface area contributed by atoms with Gasteiger partial charge in [0.25, 0.3) is 0 Å². The molecule has 0 fully saturated rings. The fraction of sp³-hybridized carbons (Fsp3) is 0.882. The lowest BCUT2D eigenvalue weighted by Gasteiger charge is -2.41. The van der Waals surface area contributed by atoms with Crippen LogP contribution < -0.4 is 0 Å². The molecule has 130 valence electrons. The van der Waals surface area contributed by atoms with Crippen LogP contribution in [-0.2, 0) is 19.1 Å². The van der Waals surface area contributed by atoms with Crippen molar-refractivity contribution in [1.82, 2.24) is 0 Å². The summed E-state index contributed by atoms with van der Waals surface area (Å²) in [5.41, 5.74) is -3.17. The van der Waals surface area contributed by atoms with E-state index in [-0.39, 0.29) is 18.5 Å². The van der Waals surface area contributed by atoms with Crippen LogP contribution in [0.2, 0.25) is 0 Å². The Morgan fingerprint density at radius 1 is 1.00 bits per heavy atom. The van der Waals surface area contributed by atoms with Crippen LogP contribution in [0.25, 0.3) is 0 Å². The smallest absolute Gasteiger partial charge is 0.189 e. The van der Waals surface area contributed by atoms with Crippen molar-refractivity contribution in [2.75, 3.05) is 6.61 Å². The Bertz CT molecular complexity index is 402. The van der Waals surface area contributed by atoms with Gasteiger partial charge >= 0.3 is 0 Å². The van der Waals surface area contributed by atoms with Crippen LogP contribution in [0, 0.1) is 5.41 Å². The van der Waals surface area contributed by atoms with Gasteiger partial charge in [-0.2, -0.15) is 0 Å². The van der Waals surface area contributed by atoms with Crippen LogP contribution in [0.4, 0.5) is 0 Å². The first-order chi connectivity index (χ1) is 9.63. The largest absolute Gasteiger partial charge is 0.383 e. The maximum Gasteiger partial charge on any atom is 0.189 e. The molecule has 0 aromatic rings. The number of aliphatic hydroxyl groups is 1.